The Kier molecular flexibility index (Phi) is 8.45. The normalized spacial score (nSPS) is 17.2. The molecule has 0 N–H and O–H groups in total. The summed E-state index contributed by atoms with van der Waals surface area (Å²) in [5.41, 5.74) is 0. The fourth-order valence-corrected chi connectivity index (χ4v) is 5.25. The predicted molar refractivity (Wildman–Crippen MR) is 113 cm³/mol. The van der Waals surface area contributed by atoms with Gasteiger partial charge in [0.05, 0.1) is 12.2 Å². The van der Waals surface area contributed by atoms with Crippen LogP contribution in [0.15, 0.2) is 0 Å². The van der Waals surface area contributed by atoms with Gasteiger partial charge in [0.2, 0.25) is 0 Å². The molecule has 0 heterocycles. The lowest BCUT2D eigenvalue weighted by atomic mass is 10.2. The first-order valence-corrected chi connectivity index (χ1v) is 15.2. The van der Waals surface area contributed by atoms with E-state index >= 15 is 0 Å². The van der Waals surface area contributed by atoms with Gasteiger partial charge in [-0.05, 0) is 57.2 Å². The molecule has 0 fully saturated rings. The molecule has 0 aliphatic rings. The summed E-state index contributed by atoms with van der Waals surface area (Å²) in [5, 5.41) is 0.525. The van der Waals surface area contributed by atoms with Crippen molar-refractivity contribution in [3.63, 3.8) is 0 Å². The monoisotopic (exact) mass is 375 g/mol. The first kappa shape index (κ1) is 24.3. The maximum atomic E-state index is 6.47. The predicted octanol–water partition coefficient (Wildman–Crippen LogP) is 5.74. The molecule has 0 amide bonds. The molecule has 0 aromatic heterocycles. The van der Waals surface area contributed by atoms with Crippen LogP contribution in [0.3, 0.4) is 0 Å². The van der Waals surface area contributed by atoms with Gasteiger partial charge < -0.3 is 13.8 Å². The minimum Gasteiger partial charge on any atom is -0.413 e. The number of hydrogen-bond donors (Lipinski definition) is 0. The van der Waals surface area contributed by atoms with Gasteiger partial charge in [-0.15, -0.1) is 0 Å². The van der Waals surface area contributed by atoms with Crippen LogP contribution in [-0.2, 0) is 8.85 Å². The van der Waals surface area contributed by atoms with Crippen molar-refractivity contribution < 1.29 is 8.85 Å². The molecule has 0 saturated heterocycles. The van der Waals surface area contributed by atoms with Gasteiger partial charge in [0, 0.05) is 13.1 Å². The molecule has 0 bridgehead atoms. The fraction of sp³-hybridized carbons (Fsp3) is 1.00. The summed E-state index contributed by atoms with van der Waals surface area (Å²) < 4.78 is 12.9. The highest BCUT2D eigenvalue weighted by Crippen LogP contribution is 2.38. The maximum absolute atomic E-state index is 6.47. The summed E-state index contributed by atoms with van der Waals surface area (Å²) in [6.07, 6.45) is 0.520. The van der Waals surface area contributed by atoms with Gasteiger partial charge in [-0.25, -0.2) is 0 Å². The first-order chi connectivity index (χ1) is 10.4. The van der Waals surface area contributed by atoms with Gasteiger partial charge in [-0.1, -0.05) is 41.5 Å². The summed E-state index contributed by atoms with van der Waals surface area (Å²) in [5.74, 6) is 0. The van der Waals surface area contributed by atoms with Crippen LogP contribution >= 0.6 is 0 Å². The molecule has 3 nitrogen and oxygen atoms in total. The second-order valence-corrected chi connectivity index (χ2v) is 20.1. The summed E-state index contributed by atoms with van der Waals surface area (Å²) in [7, 11) is -1.20. The average Bonchev–Trinajstić information content (AvgIpc) is 2.22. The summed E-state index contributed by atoms with van der Waals surface area (Å²) in [4.78, 5) is 2.36. The van der Waals surface area contributed by atoms with E-state index in [2.05, 4.69) is 93.5 Å². The smallest absolute Gasteiger partial charge is 0.192 e. The lowest BCUT2D eigenvalue weighted by Gasteiger charge is -2.40. The Morgan fingerprint density at radius 3 is 1.17 bits per heavy atom. The Morgan fingerprint density at radius 2 is 0.958 bits per heavy atom. The second kappa shape index (κ2) is 8.34. The molecule has 2 atom stereocenters. The fourth-order valence-electron chi connectivity index (χ4n) is 2.39. The van der Waals surface area contributed by atoms with Crippen LogP contribution in [0.1, 0.15) is 55.4 Å². The number of likely N-dealkylation sites (N-methyl/N-ethyl adjacent to an activating group) is 1. The third-order valence-electron chi connectivity index (χ3n) is 5.74. The molecule has 0 spiro atoms. The molecule has 0 aliphatic heterocycles. The molecule has 5 heteroatoms. The second-order valence-electron chi connectivity index (χ2n) is 10.6. The van der Waals surface area contributed by atoms with Crippen LogP contribution < -0.4 is 0 Å². The average molecular weight is 376 g/mol. The molecule has 146 valence electrons. The Bertz CT molecular complexity index is 348. The molecule has 0 saturated carbocycles. The van der Waals surface area contributed by atoms with E-state index in [0.717, 1.165) is 13.1 Å². The molecular weight excluding hydrogens is 330 g/mol. The van der Waals surface area contributed by atoms with Gasteiger partial charge >= 0.3 is 0 Å². The van der Waals surface area contributed by atoms with Crippen molar-refractivity contribution in [2.75, 3.05) is 20.1 Å². The van der Waals surface area contributed by atoms with E-state index in [0.29, 0.717) is 0 Å². The van der Waals surface area contributed by atoms with E-state index in [1.807, 2.05) is 0 Å². The molecule has 0 rings (SSSR count). The van der Waals surface area contributed by atoms with Crippen molar-refractivity contribution in [3.05, 3.63) is 0 Å². The highest BCUT2D eigenvalue weighted by atomic mass is 28.4. The van der Waals surface area contributed by atoms with Gasteiger partial charge in [-0.2, -0.15) is 0 Å². The Hall–Kier alpha value is 0.314. The van der Waals surface area contributed by atoms with Crippen LogP contribution in [0, 0.1) is 0 Å². The Balaban J connectivity index is 4.52. The minimum absolute atomic E-state index is 0.260. The Labute approximate surface area is 154 Å². The molecule has 24 heavy (non-hydrogen) atoms. The van der Waals surface area contributed by atoms with Gasteiger partial charge in [0.25, 0.3) is 0 Å². The molecule has 0 radical (unpaired) electrons. The van der Waals surface area contributed by atoms with Crippen molar-refractivity contribution in [1.29, 1.82) is 0 Å². The van der Waals surface area contributed by atoms with Crippen LogP contribution in [0.4, 0.5) is 0 Å². The van der Waals surface area contributed by atoms with Gasteiger partial charge in [-0.3, -0.25) is 0 Å². The van der Waals surface area contributed by atoms with Gasteiger partial charge in [0.1, 0.15) is 0 Å². The molecule has 0 aromatic carbocycles. The quantitative estimate of drug-likeness (QED) is 0.505. The van der Waals surface area contributed by atoms with Crippen molar-refractivity contribution in [2.24, 2.45) is 0 Å². The molecule has 0 aromatic rings. The zero-order chi connectivity index (χ0) is 19.6. The lowest BCUT2D eigenvalue weighted by Crippen LogP contribution is -2.48. The largest absolute Gasteiger partial charge is 0.413 e. The summed E-state index contributed by atoms with van der Waals surface area (Å²) in [6, 6.07) is 0. The van der Waals surface area contributed by atoms with Crippen LogP contribution in [0.5, 0.6) is 0 Å². The number of hydrogen-bond acceptors (Lipinski definition) is 3. The minimum atomic E-state index is -1.69. The number of nitrogens with zero attached hydrogens (tertiary/aromatic N) is 1. The topological polar surface area (TPSA) is 21.7 Å². The zero-order valence-corrected chi connectivity index (χ0v) is 20.8. The summed E-state index contributed by atoms with van der Waals surface area (Å²) >= 11 is 0. The molecule has 0 aliphatic carbocycles. The van der Waals surface area contributed by atoms with Crippen LogP contribution in [-0.4, -0.2) is 53.9 Å². The Morgan fingerprint density at radius 1 is 0.708 bits per heavy atom. The van der Waals surface area contributed by atoms with Crippen molar-refractivity contribution in [2.45, 2.75) is 104 Å². The van der Waals surface area contributed by atoms with E-state index in [-0.39, 0.29) is 22.3 Å². The van der Waals surface area contributed by atoms with Gasteiger partial charge in [0.15, 0.2) is 16.6 Å². The van der Waals surface area contributed by atoms with Crippen LogP contribution in [0.25, 0.3) is 0 Å². The number of rotatable bonds is 8. The highest BCUT2D eigenvalue weighted by molar-refractivity contribution is 6.74. The standard InChI is InChI=1S/C19H45NO2Si2/c1-16(21-23(10,11)18(3,4)5)14-20(9)15-17(2)22-24(12,13)19(6,7)8/h16-17H,14-15H2,1-13H3. The van der Waals surface area contributed by atoms with Crippen molar-refractivity contribution in [1.82, 2.24) is 4.90 Å². The maximum Gasteiger partial charge on any atom is 0.192 e. The summed E-state index contributed by atoms with van der Waals surface area (Å²) in [6.45, 7) is 29.4. The molecular formula is C19H45NO2Si2. The van der Waals surface area contributed by atoms with Crippen LogP contribution in [0.2, 0.25) is 36.3 Å². The van der Waals surface area contributed by atoms with E-state index < -0.39 is 16.6 Å². The highest BCUT2D eigenvalue weighted by Gasteiger charge is 2.39. The van der Waals surface area contributed by atoms with E-state index in [9.17, 15) is 0 Å². The zero-order valence-electron chi connectivity index (χ0n) is 18.8. The van der Waals surface area contributed by atoms with E-state index in [4.69, 9.17) is 8.85 Å². The lowest BCUT2D eigenvalue weighted by molar-refractivity contribution is 0.107. The molecule has 2 unspecified atom stereocenters. The van der Waals surface area contributed by atoms with Crippen molar-refractivity contribution in [3.8, 4) is 0 Å². The third kappa shape index (κ3) is 7.69. The van der Waals surface area contributed by atoms with E-state index in [1.165, 1.54) is 0 Å². The van der Waals surface area contributed by atoms with Crippen molar-refractivity contribution >= 4 is 16.6 Å². The van der Waals surface area contributed by atoms with E-state index in [1.54, 1.807) is 0 Å². The third-order valence-corrected chi connectivity index (χ3v) is 14.9. The first-order valence-electron chi connectivity index (χ1n) is 9.43. The SMILES string of the molecule is CC(CN(C)CC(C)O[Si](C)(C)C(C)(C)C)O[Si](C)(C)C(C)(C)C.